The number of ketones is 1. The van der Waals surface area contributed by atoms with E-state index in [0.717, 1.165) is 38.6 Å². The first kappa shape index (κ1) is 13.8. The molecule has 0 aromatic carbocycles. The minimum absolute atomic E-state index is 0.0248. The predicted molar refractivity (Wildman–Crippen MR) is 63.3 cm³/mol. The first-order valence-corrected chi connectivity index (χ1v) is 5.44. The summed E-state index contributed by atoms with van der Waals surface area (Å²) in [5.74, 6) is 1.27. The van der Waals surface area contributed by atoms with Crippen molar-refractivity contribution in [2.24, 2.45) is 0 Å². The van der Waals surface area contributed by atoms with Crippen molar-refractivity contribution in [1.82, 2.24) is 4.90 Å². The zero-order valence-corrected chi connectivity index (χ0v) is 9.94. The van der Waals surface area contributed by atoms with Crippen LogP contribution in [0.4, 0.5) is 0 Å². The van der Waals surface area contributed by atoms with Crippen LogP contribution in [0.3, 0.4) is 0 Å². The fraction of sp³-hybridized carbons (Fsp3) is 0.545. The van der Waals surface area contributed by atoms with Crippen molar-refractivity contribution in [3.63, 3.8) is 0 Å². The van der Waals surface area contributed by atoms with Crippen LogP contribution >= 0.6 is 0 Å². The third-order valence-corrected chi connectivity index (χ3v) is 2.49. The molecular weight excluding hydrogens is 219 g/mol. The standard InChI is InChI=1S/C11H15NO3.BHN/c1-9(13)11-3-2-10(15-11)8-12-4-6-14-7-5-12;1-2/h2-3H,4-8H2,1H3;2H. The number of nitrogens with zero attached hydrogens (tertiary/aromatic N) is 1. The Morgan fingerprint density at radius 2 is 2.06 bits per heavy atom. The molecule has 0 amide bonds. The first-order valence-electron chi connectivity index (χ1n) is 5.44. The van der Waals surface area contributed by atoms with Crippen molar-refractivity contribution >= 4 is 13.4 Å². The van der Waals surface area contributed by atoms with Crippen molar-refractivity contribution < 1.29 is 13.9 Å². The predicted octanol–water partition coefficient (Wildman–Crippen LogP) is 1.23. The van der Waals surface area contributed by atoms with Gasteiger partial charge >= 0.3 is 13.0 Å². The van der Waals surface area contributed by atoms with E-state index in [2.05, 4.69) is 12.5 Å². The molecule has 1 N–H and O–H groups in total. The second-order valence-corrected chi connectivity index (χ2v) is 3.71. The Labute approximate surface area is 102 Å². The van der Waals surface area contributed by atoms with E-state index in [4.69, 9.17) is 14.5 Å². The van der Waals surface area contributed by atoms with E-state index >= 15 is 0 Å². The number of ether oxygens (including phenoxy) is 1. The maximum absolute atomic E-state index is 11.0. The number of hydrogen-bond donors (Lipinski definition) is 1. The van der Waals surface area contributed by atoms with Crippen LogP contribution in [0, 0.1) is 5.31 Å². The average Bonchev–Trinajstić information content (AvgIpc) is 2.82. The summed E-state index contributed by atoms with van der Waals surface area (Å²) in [5, 5.41) is 5.25. The molecule has 6 heteroatoms. The van der Waals surface area contributed by atoms with E-state index in [1.54, 1.807) is 6.07 Å². The molecule has 2 heterocycles. The fourth-order valence-corrected chi connectivity index (χ4v) is 1.63. The Balaban J connectivity index is 0.000000686. The SMILES string of the molecule is CC(=O)c1ccc(CN2CCOCC2)o1.[B]=N. The van der Waals surface area contributed by atoms with Crippen LogP contribution in [0.2, 0.25) is 0 Å². The number of furan rings is 1. The molecular formula is C11H16BN2O3. The van der Waals surface area contributed by atoms with E-state index in [0.29, 0.717) is 5.76 Å². The van der Waals surface area contributed by atoms with Crippen molar-refractivity contribution in [2.75, 3.05) is 26.3 Å². The Kier molecular flexibility index (Phi) is 5.79. The summed E-state index contributed by atoms with van der Waals surface area (Å²) in [6.45, 7) is 5.68. The molecule has 5 nitrogen and oxygen atoms in total. The van der Waals surface area contributed by atoms with Gasteiger partial charge in [-0.1, -0.05) is 0 Å². The molecule has 1 aliphatic rings. The number of hydrogen-bond acceptors (Lipinski definition) is 5. The molecule has 91 valence electrons. The van der Waals surface area contributed by atoms with Gasteiger partial charge in [-0.3, -0.25) is 9.69 Å². The van der Waals surface area contributed by atoms with E-state index in [1.165, 1.54) is 6.92 Å². The number of morpholine rings is 1. The number of rotatable bonds is 3. The van der Waals surface area contributed by atoms with Gasteiger partial charge in [-0.2, -0.15) is 0 Å². The van der Waals surface area contributed by atoms with Crippen molar-refractivity contribution in [3.05, 3.63) is 23.7 Å². The number of carbonyl (C=O) groups is 1. The van der Waals surface area contributed by atoms with Crippen LogP contribution in [-0.4, -0.2) is 44.6 Å². The second-order valence-electron chi connectivity index (χ2n) is 3.71. The third-order valence-electron chi connectivity index (χ3n) is 2.49. The topological polar surface area (TPSA) is 66.5 Å². The number of nitrogens with one attached hydrogen (secondary N) is 1. The summed E-state index contributed by atoms with van der Waals surface area (Å²) in [4.78, 5) is 13.3. The molecule has 1 fully saturated rings. The van der Waals surface area contributed by atoms with Gasteiger partial charge in [0.2, 0.25) is 0 Å². The summed E-state index contributed by atoms with van der Waals surface area (Å²) >= 11 is 0. The molecule has 0 atom stereocenters. The third kappa shape index (κ3) is 4.24. The molecule has 0 bridgehead atoms. The van der Waals surface area contributed by atoms with Crippen LogP contribution in [0.15, 0.2) is 16.5 Å². The quantitative estimate of drug-likeness (QED) is 0.632. The minimum atomic E-state index is -0.0248. The van der Waals surface area contributed by atoms with Gasteiger partial charge in [0.1, 0.15) is 5.76 Å². The van der Waals surface area contributed by atoms with Gasteiger partial charge < -0.3 is 9.15 Å². The van der Waals surface area contributed by atoms with Gasteiger partial charge in [0.25, 0.3) is 0 Å². The van der Waals surface area contributed by atoms with E-state index in [1.807, 2.05) is 6.07 Å². The molecule has 0 saturated carbocycles. The van der Waals surface area contributed by atoms with E-state index in [-0.39, 0.29) is 5.78 Å². The Morgan fingerprint density at radius 1 is 1.41 bits per heavy atom. The van der Waals surface area contributed by atoms with Crippen LogP contribution in [0.25, 0.3) is 0 Å². The molecule has 1 saturated heterocycles. The molecule has 0 spiro atoms. The van der Waals surface area contributed by atoms with E-state index < -0.39 is 0 Å². The zero-order chi connectivity index (χ0) is 12.7. The summed E-state index contributed by atoms with van der Waals surface area (Å²) < 4.78 is 10.7. The summed E-state index contributed by atoms with van der Waals surface area (Å²) in [6.07, 6.45) is 0. The van der Waals surface area contributed by atoms with Gasteiger partial charge in [0.15, 0.2) is 11.5 Å². The summed E-state index contributed by atoms with van der Waals surface area (Å²) in [5.41, 5.74) is 0. The van der Waals surface area contributed by atoms with E-state index in [9.17, 15) is 4.79 Å². The molecule has 17 heavy (non-hydrogen) atoms. The molecule has 1 aliphatic heterocycles. The zero-order valence-electron chi connectivity index (χ0n) is 9.94. The fourth-order valence-electron chi connectivity index (χ4n) is 1.63. The molecule has 1 aromatic rings. The molecule has 1 aromatic heterocycles. The Bertz CT molecular complexity index is 361. The molecule has 0 unspecified atom stereocenters. The molecule has 2 rings (SSSR count). The van der Waals surface area contributed by atoms with Crippen LogP contribution in [-0.2, 0) is 11.3 Å². The first-order chi connectivity index (χ1) is 8.25. The van der Waals surface area contributed by atoms with Gasteiger partial charge in [-0.15, -0.1) is 0 Å². The Morgan fingerprint density at radius 3 is 2.59 bits per heavy atom. The number of Topliss-reactive ketones (excluding diaryl/α,β-unsaturated/α-hetero) is 1. The second kappa shape index (κ2) is 7.14. The van der Waals surface area contributed by atoms with Crippen LogP contribution in [0.5, 0.6) is 0 Å². The van der Waals surface area contributed by atoms with Gasteiger partial charge in [-0.05, 0) is 12.1 Å². The normalized spacial score (nSPS) is 16.0. The van der Waals surface area contributed by atoms with Crippen LogP contribution in [0.1, 0.15) is 23.2 Å². The van der Waals surface area contributed by atoms with Crippen molar-refractivity contribution in [3.8, 4) is 0 Å². The molecule has 1 radical (unpaired) electrons. The van der Waals surface area contributed by atoms with Crippen molar-refractivity contribution in [2.45, 2.75) is 13.5 Å². The summed E-state index contributed by atoms with van der Waals surface area (Å²) in [7, 11) is 3.75. The van der Waals surface area contributed by atoms with Gasteiger partial charge in [0, 0.05) is 20.0 Å². The number of carbonyl (C=O) groups excluding carboxylic acids is 1. The summed E-state index contributed by atoms with van der Waals surface area (Å²) in [6, 6.07) is 3.60. The van der Waals surface area contributed by atoms with Crippen LogP contribution < -0.4 is 0 Å². The van der Waals surface area contributed by atoms with Crippen molar-refractivity contribution in [1.29, 1.82) is 5.31 Å². The monoisotopic (exact) mass is 235 g/mol. The molecule has 0 aliphatic carbocycles. The Hall–Kier alpha value is -1.27. The van der Waals surface area contributed by atoms with Gasteiger partial charge in [-0.25, -0.2) is 0 Å². The average molecular weight is 235 g/mol. The van der Waals surface area contributed by atoms with Gasteiger partial charge in [0.05, 0.1) is 19.8 Å². The maximum atomic E-state index is 11.0.